The minimum absolute atomic E-state index is 0.00727. The van der Waals surface area contributed by atoms with Gasteiger partial charge in [-0.15, -0.1) is 0 Å². The fourth-order valence-corrected chi connectivity index (χ4v) is 4.24. The molecule has 2 rings (SSSR count). The fraction of sp³-hybridized carbons (Fsp3) is 0.500. The first-order valence-electron chi connectivity index (χ1n) is 13.9. The van der Waals surface area contributed by atoms with Gasteiger partial charge in [0.15, 0.2) is 0 Å². The SMILES string of the molecule is CCC(Cc1ccccc1)C(=O)OCCOCCOC(=O)C(CC(=O)CCCCC(C)=O)Cc1ccccc1. The van der Waals surface area contributed by atoms with E-state index in [1.807, 2.05) is 67.6 Å². The number of ketones is 2. The molecule has 39 heavy (non-hydrogen) atoms. The van der Waals surface area contributed by atoms with Crippen molar-refractivity contribution in [2.75, 3.05) is 26.4 Å². The molecule has 2 unspecified atom stereocenters. The zero-order chi connectivity index (χ0) is 28.3. The summed E-state index contributed by atoms with van der Waals surface area (Å²) >= 11 is 0. The minimum atomic E-state index is -0.579. The quantitative estimate of drug-likeness (QED) is 0.166. The van der Waals surface area contributed by atoms with Crippen molar-refractivity contribution < 1.29 is 33.4 Å². The second-order valence-electron chi connectivity index (χ2n) is 9.78. The van der Waals surface area contributed by atoms with E-state index in [1.54, 1.807) is 6.92 Å². The predicted molar refractivity (Wildman–Crippen MR) is 149 cm³/mol. The molecule has 212 valence electrons. The second-order valence-corrected chi connectivity index (χ2v) is 9.78. The molecule has 7 heteroatoms. The summed E-state index contributed by atoms with van der Waals surface area (Å²) in [6.07, 6.45) is 3.96. The number of unbranched alkanes of at least 4 members (excludes halogenated alkanes) is 1. The Morgan fingerprint density at radius 2 is 1.15 bits per heavy atom. The minimum Gasteiger partial charge on any atom is -0.463 e. The number of hydrogen-bond donors (Lipinski definition) is 0. The van der Waals surface area contributed by atoms with Crippen LogP contribution in [0, 0.1) is 11.8 Å². The summed E-state index contributed by atoms with van der Waals surface area (Å²) in [5.74, 6) is -1.35. The lowest BCUT2D eigenvalue weighted by atomic mass is 9.92. The van der Waals surface area contributed by atoms with Crippen LogP contribution in [0.4, 0.5) is 0 Å². The maximum atomic E-state index is 12.8. The zero-order valence-electron chi connectivity index (χ0n) is 23.3. The Balaban J connectivity index is 1.70. The molecule has 0 radical (unpaired) electrons. The van der Waals surface area contributed by atoms with Crippen LogP contribution >= 0.6 is 0 Å². The highest BCUT2D eigenvalue weighted by Crippen LogP contribution is 2.17. The second kappa shape index (κ2) is 18.9. The van der Waals surface area contributed by atoms with E-state index >= 15 is 0 Å². The Morgan fingerprint density at radius 3 is 1.67 bits per heavy atom. The Bertz CT molecular complexity index is 1000. The van der Waals surface area contributed by atoms with Crippen LogP contribution in [-0.4, -0.2) is 49.9 Å². The highest BCUT2D eigenvalue weighted by Gasteiger charge is 2.24. The van der Waals surface area contributed by atoms with E-state index < -0.39 is 11.9 Å². The Labute approximate surface area is 232 Å². The standard InChI is InChI=1S/C32H42O7/c1-3-28(22-26-13-6-4-7-14-26)31(35)38-20-18-37-19-21-39-32(36)29(23-27-15-8-5-9-16-27)24-30(34)17-11-10-12-25(2)33/h4-9,13-16,28-29H,3,10-12,17-24H2,1-2H3. The molecule has 0 N–H and O–H groups in total. The Kier molecular flexibility index (Phi) is 15.4. The molecule has 2 aromatic carbocycles. The first-order chi connectivity index (χ1) is 18.9. The number of Topliss-reactive ketones (excluding diaryl/α,β-unsaturated/α-hetero) is 2. The lowest BCUT2D eigenvalue weighted by molar-refractivity contribution is -0.152. The number of esters is 2. The van der Waals surface area contributed by atoms with Crippen molar-refractivity contribution in [2.45, 2.75) is 65.2 Å². The molecule has 7 nitrogen and oxygen atoms in total. The summed E-state index contributed by atoms with van der Waals surface area (Å²) in [7, 11) is 0. The van der Waals surface area contributed by atoms with E-state index in [-0.39, 0.29) is 56.3 Å². The highest BCUT2D eigenvalue weighted by molar-refractivity contribution is 5.84. The molecule has 0 heterocycles. The van der Waals surface area contributed by atoms with Crippen LogP contribution in [0.15, 0.2) is 60.7 Å². The third-order valence-corrected chi connectivity index (χ3v) is 6.46. The lowest BCUT2D eigenvalue weighted by Gasteiger charge is -2.16. The summed E-state index contributed by atoms with van der Waals surface area (Å²) < 4.78 is 16.3. The third kappa shape index (κ3) is 13.9. The molecular weight excluding hydrogens is 496 g/mol. The van der Waals surface area contributed by atoms with Gasteiger partial charge in [-0.05, 0) is 50.2 Å². The summed E-state index contributed by atoms with van der Waals surface area (Å²) in [4.78, 5) is 48.8. The van der Waals surface area contributed by atoms with Gasteiger partial charge in [-0.2, -0.15) is 0 Å². The summed E-state index contributed by atoms with van der Waals surface area (Å²) in [6, 6.07) is 19.4. The zero-order valence-corrected chi connectivity index (χ0v) is 23.3. The molecule has 2 aromatic rings. The normalized spacial score (nSPS) is 12.4. The van der Waals surface area contributed by atoms with Gasteiger partial charge in [0.25, 0.3) is 0 Å². The largest absolute Gasteiger partial charge is 0.463 e. The number of hydrogen-bond acceptors (Lipinski definition) is 7. The van der Waals surface area contributed by atoms with Gasteiger partial charge in [-0.3, -0.25) is 14.4 Å². The average molecular weight is 539 g/mol. The van der Waals surface area contributed by atoms with Crippen molar-refractivity contribution >= 4 is 23.5 Å². The van der Waals surface area contributed by atoms with E-state index in [2.05, 4.69) is 0 Å². The highest BCUT2D eigenvalue weighted by atomic mass is 16.6. The van der Waals surface area contributed by atoms with Gasteiger partial charge in [-0.25, -0.2) is 0 Å². The van der Waals surface area contributed by atoms with Gasteiger partial charge in [-0.1, -0.05) is 67.6 Å². The number of ether oxygens (including phenoxy) is 3. The molecular formula is C32H42O7. The van der Waals surface area contributed by atoms with Crippen molar-refractivity contribution in [2.24, 2.45) is 11.8 Å². The Hall–Kier alpha value is -3.32. The maximum absolute atomic E-state index is 12.8. The molecule has 0 aromatic heterocycles. The molecule has 0 aliphatic heterocycles. The van der Waals surface area contributed by atoms with Crippen molar-refractivity contribution in [1.82, 2.24) is 0 Å². The molecule has 0 bridgehead atoms. The van der Waals surface area contributed by atoms with Crippen molar-refractivity contribution in [3.8, 4) is 0 Å². The number of carbonyl (C=O) groups is 4. The third-order valence-electron chi connectivity index (χ3n) is 6.46. The molecule has 0 aliphatic rings. The first kappa shape index (κ1) is 31.9. The van der Waals surface area contributed by atoms with Gasteiger partial charge in [0, 0.05) is 19.3 Å². The molecule has 0 fully saturated rings. The van der Waals surface area contributed by atoms with E-state index in [0.29, 0.717) is 44.9 Å². The van der Waals surface area contributed by atoms with Gasteiger partial charge >= 0.3 is 11.9 Å². The van der Waals surface area contributed by atoms with E-state index in [1.165, 1.54) is 0 Å². The Morgan fingerprint density at radius 1 is 0.667 bits per heavy atom. The molecule has 2 atom stereocenters. The molecule has 0 saturated heterocycles. The smallest absolute Gasteiger partial charge is 0.309 e. The van der Waals surface area contributed by atoms with Crippen LogP contribution in [-0.2, 0) is 46.2 Å². The van der Waals surface area contributed by atoms with Crippen molar-refractivity contribution in [3.05, 3.63) is 71.8 Å². The summed E-state index contributed by atoms with van der Waals surface area (Å²) in [5, 5.41) is 0. The molecule has 0 saturated carbocycles. The summed E-state index contributed by atoms with van der Waals surface area (Å²) in [5.41, 5.74) is 2.05. The van der Waals surface area contributed by atoms with Crippen molar-refractivity contribution in [3.63, 3.8) is 0 Å². The van der Waals surface area contributed by atoms with E-state index in [9.17, 15) is 19.2 Å². The first-order valence-corrected chi connectivity index (χ1v) is 13.9. The van der Waals surface area contributed by atoms with Crippen LogP contribution in [0.5, 0.6) is 0 Å². The van der Waals surface area contributed by atoms with Crippen LogP contribution < -0.4 is 0 Å². The number of rotatable bonds is 20. The van der Waals surface area contributed by atoms with Gasteiger partial charge in [0.2, 0.25) is 0 Å². The predicted octanol–water partition coefficient (Wildman–Crippen LogP) is 5.33. The maximum Gasteiger partial charge on any atom is 0.309 e. The van der Waals surface area contributed by atoms with Gasteiger partial charge in [0.05, 0.1) is 25.0 Å². The summed E-state index contributed by atoms with van der Waals surface area (Å²) in [6.45, 7) is 4.06. The van der Waals surface area contributed by atoms with Crippen molar-refractivity contribution in [1.29, 1.82) is 0 Å². The van der Waals surface area contributed by atoms with E-state index in [0.717, 1.165) is 11.1 Å². The molecule has 0 amide bonds. The van der Waals surface area contributed by atoms with Crippen LogP contribution in [0.3, 0.4) is 0 Å². The fourth-order valence-electron chi connectivity index (χ4n) is 4.24. The number of carbonyl (C=O) groups excluding carboxylic acids is 4. The van der Waals surface area contributed by atoms with Gasteiger partial charge < -0.3 is 19.0 Å². The lowest BCUT2D eigenvalue weighted by Crippen LogP contribution is -2.25. The van der Waals surface area contributed by atoms with Crippen LogP contribution in [0.2, 0.25) is 0 Å². The van der Waals surface area contributed by atoms with Crippen LogP contribution in [0.1, 0.15) is 63.5 Å². The van der Waals surface area contributed by atoms with E-state index in [4.69, 9.17) is 14.2 Å². The van der Waals surface area contributed by atoms with Crippen LogP contribution in [0.25, 0.3) is 0 Å². The monoisotopic (exact) mass is 538 g/mol. The molecule has 0 spiro atoms. The number of benzene rings is 2. The molecule has 0 aliphatic carbocycles. The van der Waals surface area contributed by atoms with Gasteiger partial charge in [0.1, 0.15) is 24.8 Å². The average Bonchev–Trinajstić information content (AvgIpc) is 2.94. The topological polar surface area (TPSA) is 96.0 Å².